The molecule has 1 amide bonds. The lowest BCUT2D eigenvalue weighted by Crippen LogP contribution is -2.12. The Morgan fingerprint density at radius 1 is 1.08 bits per heavy atom. The molecule has 128 valence electrons. The van der Waals surface area contributed by atoms with E-state index in [1.54, 1.807) is 42.5 Å². The Hall–Kier alpha value is -2.14. The number of carbonyl (C=O) groups is 1. The number of rotatable bonds is 3. The van der Waals surface area contributed by atoms with E-state index in [-0.39, 0.29) is 5.76 Å². The smallest absolute Gasteiger partial charge is 0.291 e. The normalized spacial score (nSPS) is 10.7. The summed E-state index contributed by atoms with van der Waals surface area (Å²) >= 11 is 18.3. The molecule has 0 unspecified atom stereocenters. The van der Waals surface area contributed by atoms with E-state index in [2.05, 4.69) is 5.32 Å². The van der Waals surface area contributed by atoms with Crippen LogP contribution in [0.5, 0.6) is 0 Å². The minimum absolute atomic E-state index is 0.113. The van der Waals surface area contributed by atoms with Crippen molar-refractivity contribution >= 4 is 52.1 Å². The molecule has 0 spiro atoms. The molecule has 2 aromatic carbocycles. The molecule has 0 aliphatic heterocycles. The van der Waals surface area contributed by atoms with Crippen molar-refractivity contribution in [3.05, 3.63) is 68.9 Å². The van der Waals surface area contributed by atoms with Crippen molar-refractivity contribution in [3.8, 4) is 11.3 Å². The maximum atomic E-state index is 12.4. The zero-order valence-corrected chi connectivity index (χ0v) is 15.3. The Labute approximate surface area is 159 Å². The van der Waals surface area contributed by atoms with Crippen LogP contribution >= 0.6 is 34.8 Å². The number of benzene rings is 2. The van der Waals surface area contributed by atoms with Gasteiger partial charge in [0.25, 0.3) is 5.91 Å². The topological polar surface area (TPSA) is 68.3 Å². The molecule has 0 fully saturated rings. The molecule has 0 bridgehead atoms. The van der Waals surface area contributed by atoms with Crippen molar-refractivity contribution in [3.63, 3.8) is 0 Å². The van der Waals surface area contributed by atoms with Crippen molar-refractivity contribution < 1.29 is 9.21 Å². The SMILES string of the molecule is Cc1cc(N)c(NC(=O)c2ccc(-c3cccc(Cl)c3Cl)o2)cc1Cl. The van der Waals surface area contributed by atoms with E-state index in [0.29, 0.717) is 37.8 Å². The number of halogens is 3. The highest BCUT2D eigenvalue weighted by molar-refractivity contribution is 6.43. The van der Waals surface area contributed by atoms with E-state index in [0.717, 1.165) is 5.56 Å². The predicted molar refractivity (Wildman–Crippen MR) is 103 cm³/mol. The summed E-state index contributed by atoms with van der Waals surface area (Å²) in [5, 5.41) is 3.96. The molecule has 1 heterocycles. The average Bonchev–Trinajstić information content (AvgIpc) is 3.05. The summed E-state index contributed by atoms with van der Waals surface area (Å²) in [5.41, 5.74) is 8.18. The minimum atomic E-state index is -0.448. The van der Waals surface area contributed by atoms with E-state index in [9.17, 15) is 4.79 Å². The van der Waals surface area contributed by atoms with Crippen molar-refractivity contribution in [2.24, 2.45) is 0 Å². The van der Waals surface area contributed by atoms with Crippen LogP contribution in [-0.2, 0) is 0 Å². The fourth-order valence-corrected chi connectivity index (χ4v) is 2.85. The third kappa shape index (κ3) is 3.61. The highest BCUT2D eigenvalue weighted by Crippen LogP contribution is 2.34. The van der Waals surface area contributed by atoms with Gasteiger partial charge in [0.2, 0.25) is 0 Å². The summed E-state index contributed by atoms with van der Waals surface area (Å²) in [6.07, 6.45) is 0. The minimum Gasteiger partial charge on any atom is -0.451 e. The molecule has 3 rings (SSSR count). The van der Waals surface area contributed by atoms with Crippen molar-refractivity contribution in [2.45, 2.75) is 6.92 Å². The second kappa shape index (κ2) is 7.00. The van der Waals surface area contributed by atoms with E-state index in [4.69, 9.17) is 45.0 Å². The largest absolute Gasteiger partial charge is 0.451 e. The first-order valence-corrected chi connectivity index (χ1v) is 8.41. The number of hydrogen-bond donors (Lipinski definition) is 2. The lowest BCUT2D eigenvalue weighted by molar-refractivity contribution is 0.0997. The summed E-state index contributed by atoms with van der Waals surface area (Å²) in [7, 11) is 0. The zero-order valence-electron chi connectivity index (χ0n) is 13.1. The number of nitrogens with one attached hydrogen (secondary N) is 1. The fraction of sp³-hybridized carbons (Fsp3) is 0.0556. The maximum absolute atomic E-state index is 12.4. The molecule has 4 nitrogen and oxygen atoms in total. The molecule has 0 saturated carbocycles. The summed E-state index contributed by atoms with van der Waals surface area (Å²) in [4.78, 5) is 12.4. The summed E-state index contributed by atoms with van der Waals surface area (Å²) in [6, 6.07) is 11.7. The zero-order chi connectivity index (χ0) is 18.1. The van der Waals surface area contributed by atoms with Gasteiger partial charge in [0.1, 0.15) is 5.76 Å². The molecule has 0 atom stereocenters. The monoisotopic (exact) mass is 394 g/mol. The molecule has 7 heteroatoms. The van der Waals surface area contributed by atoms with Gasteiger partial charge in [-0.15, -0.1) is 0 Å². The molecular weight excluding hydrogens is 383 g/mol. The number of nitrogens with two attached hydrogens (primary N) is 1. The fourth-order valence-electron chi connectivity index (χ4n) is 2.29. The Bertz CT molecular complexity index is 967. The van der Waals surface area contributed by atoms with Crippen molar-refractivity contribution in [1.82, 2.24) is 0 Å². The number of aryl methyl sites for hydroxylation is 1. The molecule has 1 aromatic heterocycles. The first-order valence-electron chi connectivity index (χ1n) is 7.28. The van der Waals surface area contributed by atoms with E-state index in [1.807, 2.05) is 6.92 Å². The first kappa shape index (κ1) is 17.7. The van der Waals surface area contributed by atoms with Gasteiger partial charge < -0.3 is 15.5 Å². The van der Waals surface area contributed by atoms with Gasteiger partial charge in [0.05, 0.1) is 21.4 Å². The number of furan rings is 1. The summed E-state index contributed by atoms with van der Waals surface area (Å²) in [5.74, 6) is 0.103. The summed E-state index contributed by atoms with van der Waals surface area (Å²) in [6.45, 7) is 1.83. The molecule has 3 aromatic rings. The number of amides is 1. The third-order valence-electron chi connectivity index (χ3n) is 3.63. The van der Waals surface area contributed by atoms with Crippen LogP contribution in [-0.4, -0.2) is 5.91 Å². The van der Waals surface area contributed by atoms with Crippen LogP contribution < -0.4 is 11.1 Å². The van der Waals surface area contributed by atoms with Crippen LogP contribution in [0.1, 0.15) is 16.1 Å². The second-order valence-electron chi connectivity index (χ2n) is 5.41. The highest BCUT2D eigenvalue weighted by Gasteiger charge is 2.16. The Morgan fingerprint density at radius 2 is 1.84 bits per heavy atom. The van der Waals surface area contributed by atoms with Crippen LogP contribution in [0.3, 0.4) is 0 Å². The molecule has 0 radical (unpaired) electrons. The van der Waals surface area contributed by atoms with Gasteiger partial charge in [0, 0.05) is 10.6 Å². The van der Waals surface area contributed by atoms with Gasteiger partial charge in [-0.25, -0.2) is 0 Å². The summed E-state index contributed by atoms with van der Waals surface area (Å²) < 4.78 is 5.60. The van der Waals surface area contributed by atoms with Gasteiger partial charge in [-0.05, 0) is 48.9 Å². The Morgan fingerprint density at radius 3 is 2.60 bits per heavy atom. The van der Waals surface area contributed by atoms with E-state index < -0.39 is 5.91 Å². The molecule has 0 aliphatic carbocycles. The molecule has 0 aliphatic rings. The van der Waals surface area contributed by atoms with Gasteiger partial charge in [-0.1, -0.05) is 40.9 Å². The van der Waals surface area contributed by atoms with Gasteiger partial charge in [-0.3, -0.25) is 4.79 Å². The van der Waals surface area contributed by atoms with Crippen molar-refractivity contribution in [2.75, 3.05) is 11.1 Å². The predicted octanol–water partition coefficient (Wildman–Crippen LogP) is 6.05. The van der Waals surface area contributed by atoms with Crippen molar-refractivity contribution in [1.29, 1.82) is 0 Å². The molecular formula is C18H13Cl3N2O2. The average molecular weight is 396 g/mol. The standard InChI is InChI=1S/C18H13Cl3N2O2/c1-9-7-13(22)14(8-12(9)20)23-18(24)16-6-5-15(25-16)10-3-2-4-11(19)17(10)21/h2-8H,22H2,1H3,(H,23,24). The Kier molecular flexibility index (Phi) is 4.95. The third-order valence-corrected chi connectivity index (χ3v) is 4.85. The van der Waals surface area contributed by atoms with Crippen LogP contribution in [0.25, 0.3) is 11.3 Å². The van der Waals surface area contributed by atoms with Gasteiger partial charge in [-0.2, -0.15) is 0 Å². The lowest BCUT2D eigenvalue weighted by atomic mass is 10.2. The molecule has 3 N–H and O–H groups in total. The first-order chi connectivity index (χ1) is 11.9. The van der Waals surface area contributed by atoms with Gasteiger partial charge >= 0.3 is 0 Å². The molecule has 25 heavy (non-hydrogen) atoms. The van der Waals surface area contributed by atoms with Gasteiger partial charge in [0.15, 0.2) is 5.76 Å². The highest BCUT2D eigenvalue weighted by atomic mass is 35.5. The van der Waals surface area contributed by atoms with Crippen LogP contribution in [0.15, 0.2) is 46.9 Å². The van der Waals surface area contributed by atoms with Crippen LogP contribution in [0, 0.1) is 6.92 Å². The van der Waals surface area contributed by atoms with E-state index >= 15 is 0 Å². The number of nitrogen functional groups attached to an aromatic ring is 1. The maximum Gasteiger partial charge on any atom is 0.291 e. The number of anilines is 2. The Balaban J connectivity index is 1.86. The second-order valence-corrected chi connectivity index (χ2v) is 6.60. The van der Waals surface area contributed by atoms with E-state index in [1.165, 1.54) is 0 Å². The van der Waals surface area contributed by atoms with Crippen LogP contribution in [0.4, 0.5) is 11.4 Å². The molecule has 0 saturated heterocycles. The number of hydrogen-bond acceptors (Lipinski definition) is 3. The lowest BCUT2D eigenvalue weighted by Gasteiger charge is -2.09. The quantitative estimate of drug-likeness (QED) is 0.530. The number of carbonyl (C=O) groups excluding carboxylic acids is 1. The van der Waals surface area contributed by atoms with Crippen LogP contribution in [0.2, 0.25) is 15.1 Å².